The predicted octanol–water partition coefficient (Wildman–Crippen LogP) is 7.15. The van der Waals surface area contributed by atoms with Crippen molar-refractivity contribution in [3.05, 3.63) is 83.3 Å². The number of hydrogen-bond donors (Lipinski definition) is 3. The number of nitrogens with one attached hydrogen (secondary N) is 2. The minimum atomic E-state index is -0.311. The van der Waals surface area contributed by atoms with Crippen LogP contribution < -0.4 is 10.6 Å². The van der Waals surface area contributed by atoms with E-state index in [1.807, 2.05) is 6.92 Å². The predicted molar refractivity (Wildman–Crippen MR) is 153 cm³/mol. The SMILES string of the molecule is CC(O)Cc1ccc(CC(Nc2ccc(-c3nccnc3NCC3CCCCC3)cc2)=C2CCC2)cc1. The Morgan fingerprint density at radius 1 is 0.892 bits per heavy atom. The van der Waals surface area contributed by atoms with Gasteiger partial charge in [-0.2, -0.15) is 0 Å². The van der Waals surface area contributed by atoms with Gasteiger partial charge >= 0.3 is 0 Å². The van der Waals surface area contributed by atoms with Gasteiger partial charge in [0.1, 0.15) is 5.69 Å². The summed E-state index contributed by atoms with van der Waals surface area (Å²) in [6.07, 6.45) is 15.2. The van der Waals surface area contributed by atoms with Gasteiger partial charge in [-0.15, -0.1) is 0 Å². The maximum absolute atomic E-state index is 9.66. The van der Waals surface area contributed by atoms with E-state index < -0.39 is 0 Å². The molecule has 5 rings (SSSR count). The Morgan fingerprint density at radius 2 is 1.59 bits per heavy atom. The molecule has 0 radical (unpaired) electrons. The third-order valence-corrected chi connectivity index (χ3v) is 7.75. The van der Waals surface area contributed by atoms with Crippen molar-refractivity contribution in [3.63, 3.8) is 0 Å². The highest BCUT2D eigenvalue weighted by molar-refractivity contribution is 5.72. The molecule has 2 aliphatic rings. The molecule has 2 saturated carbocycles. The van der Waals surface area contributed by atoms with Crippen molar-refractivity contribution < 1.29 is 5.11 Å². The van der Waals surface area contributed by atoms with E-state index in [1.165, 1.54) is 73.8 Å². The van der Waals surface area contributed by atoms with Crippen molar-refractivity contribution in [2.75, 3.05) is 17.2 Å². The second kappa shape index (κ2) is 12.4. The molecule has 5 nitrogen and oxygen atoms in total. The van der Waals surface area contributed by atoms with E-state index in [2.05, 4.69) is 69.1 Å². The van der Waals surface area contributed by atoms with Gasteiger partial charge in [0.25, 0.3) is 0 Å². The molecule has 0 bridgehead atoms. The number of allylic oxidation sites excluding steroid dienone is 2. The fraction of sp³-hybridized carbons (Fsp3) is 0.438. The molecule has 0 saturated heterocycles. The van der Waals surface area contributed by atoms with Gasteiger partial charge in [0.15, 0.2) is 5.82 Å². The van der Waals surface area contributed by atoms with E-state index in [4.69, 9.17) is 0 Å². The van der Waals surface area contributed by atoms with Gasteiger partial charge in [-0.05, 0) is 74.6 Å². The highest BCUT2D eigenvalue weighted by Crippen LogP contribution is 2.32. The van der Waals surface area contributed by atoms with Crippen LogP contribution in [0.1, 0.15) is 69.4 Å². The van der Waals surface area contributed by atoms with Gasteiger partial charge in [0, 0.05) is 42.3 Å². The van der Waals surface area contributed by atoms with Crippen molar-refractivity contribution in [3.8, 4) is 11.3 Å². The number of aromatic nitrogens is 2. The van der Waals surface area contributed by atoms with Crippen molar-refractivity contribution in [2.24, 2.45) is 5.92 Å². The summed E-state index contributed by atoms with van der Waals surface area (Å²) in [5.74, 6) is 1.62. The molecule has 1 atom stereocenters. The van der Waals surface area contributed by atoms with Crippen molar-refractivity contribution in [1.29, 1.82) is 0 Å². The average molecular weight is 497 g/mol. The van der Waals surface area contributed by atoms with Crippen LogP contribution in [0.15, 0.2) is 72.2 Å². The summed E-state index contributed by atoms with van der Waals surface area (Å²) < 4.78 is 0. The van der Waals surface area contributed by atoms with Gasteiger partial charge < -0.3 is 15.7 Å². The molecule has 194 valence electrons. The number of rotatable bonds is 10. The summed E-state index contributed by atoms with van der Waals surface area (Å²) in [5, 5.41) is 17.0. The summed E-state index contributed by atoms with van der Waals surface area (Å²) in [6.45, 7) is 2.81. The second-order valence-electron chi connectivity index (χ2n) is 10.8. The van der Waals surface area contributed by atoms with Crippen LogP contribution in [0.25, 0.3) is 11.3 Å². The second-order valence-corrected chi connectivity index (χ2v) is 10.8. The van der Waals surface area contributed by atoms with Crippen molar-refractivity contribution >= 4 is 11.5 Å². The molecule has 1 unspecified atom stereocenters. The Kier molecular flexibility index (Phi) is 8.52. The Bertz CT molecular complexity index is 1170. The standard InChI is InChI=1S/C32H40N4O/c1-23(37)20-24-10-12-25(13-11-24)21-30(27-8-5-9-27)36-29-16-14-28(15-17-29)31-32(34-19-18-33-31)35-22-26-6-3-2-4-7-26/h10-19,23,26,36-37H,2-9,20-22H2,1H3,(H,34,35). The third kappa shape index (κ3) is 6.98. The summed E-state index contributed by atoms with van der Waals surface area (Å²) >= 11 is 0. The fourth-order valence-electron chi connectivity index (χ4n) is 5.45. The van der Waals surface area contributed by atoms with Crippen LogP contribution >= 0.6 is 0 Å². The lowest BCUT2D eigenvalue weighted by atomic mass is 9.88. The Morgan fingerprint density at radius 3 is 2.27 bits per heavy atom. The minimum absolute atomic E-state index is 0.311. The number of benzene rings is 2. The van der Waals surface area contributed by atoms with Crippen LogP contribution in [0, 0.1) is 5.92 Å². The maximum Gasteiger partial charge on any atom is 0.152 e. The summed E-state index contributed by atoms with van der Waals surface area (Å²) in [5.41, 5.74) is 8.41. The quantitative estimate of drug-likeness (QED) is 0.278. The molecule has 2 aliphatic carbocycles. The molecule has 37 heavy (non-hydrogen) atoms. The number of aliphatic hydroxyl groups is 1. The highest BCUT2D eigenvalue weighted by Gasteiger charge is 2.17. The zero-order valence-electron chi connectivity index (χ0n) is 22.0. The zero-order valence-corrected chi connectivity index (χ0v) is 22.0. The van der Waals surface area contributed by atoms with E-state index in [0.29, 0.717) is 6.42 Å². The van der Waals surface area contributed by atoms with Gasteiger partial charge in [-0.3, -0.25) is 4.98 Å². The third-order valence-electron chi connectivity index (χ3n) is 7.75. The normalized spacial score (nSPS) is 16.6. The minimum Gasteiger partial charge on any atom is -0.393 e. The summed E-state index contributed by atoms with van der Waals surface area (Å²) in [7, 11) is 0. The molecular weight excluding hydrogens is 456 g/mol. The number of nitrogens with zero attached hydrogens (tertiary/aromatic N) is 2. The molecule has 3 N–H and O–H groups in total. The van der Waals surface area contributed by atoms with E-state index >= 15 is 0 Å². The Balaban J connectivity index is 1.25. The maximum atomic E-state index is 9.66. The van der Waals surface area contributed by atoms with Crippen LogP contribution in [-0.2, 0) is 12.8 Å². The lowest BCUT2D eigenvalue weighted by Crippen LogP contribution is -2.18. The van der Waals surface area contributed by atoms with Gasteiger partial charge in [0.05, 0.1) is 6.10 Å². The molecule has 1 heterocycles. The van der Waals surface area contributed by atoms with Crippen LogP contribution in [0.5, 0.6) is 0 Å². The molecule has 0 amide bonds. The Labute approximate surface area is 221 Å². The summed E-state index contributed by atoms with van der Waals surface area (Å²) in [6, 6.07) is 17.3. The smallest absolute Gasteiger partial charge is 0.152 e. The van der Waals surface area contributed by atoms with E-state index in [1.54, 1.807) is 12.4 Å². The van der Waals surface area contributed by atoms with Crippen LogP contribution in [0.2, 0.25) is 0 Å². The first kappa shape index (κ1) is 25.5. The van der Waals surface area contributed by atoms with Crippen molar-refractivity contribution in [1.82, 2.24) is 9.97 Å². The average Bonchev–Trinajstić information content (AvgIpc) is 2.89. The van der Waals surface area contributed by atoms with Crippen molar-refractivity contribution in [2.45, 2.75) is 77.2 Å². The lowest BCUT2D eigenvalue weighted by molar-refractivity contribution is 0.195. The molecule has 0 aliphatic heterocycles. The molecule has 1 aromatic heterocycles. The molecular formula is C32H40N4O. The first-order chi connectivity index (χ1) is 18.1. The number of hydrogen-bond acceptors (Lipinski definition) is 5. The van der Waals surface area contributed by atoms with Crippen LogP contribution in [-0.4, -0.2) is 27.7 Å². The fourth-order valence-corrected chi connectivity index (χ4v) is 5.45. The highest BCUT2D eigenvalue weighted by atomic mass is 16.3. The largest absolute Gasteiger partial charge is 0.393 e. The Hall–Kier alpha value is -3.18. The van der Waals surface area contributed by atoms with Gasteiger partial charge in [-0.1, -0.05) is 61.2 Å². The zero-order chi connectivity index (χ0) is 25.5. The molecule has 2 fully saturated rings. The number of aliphatic hydroxyl groups excluding tert-OH is 1. The van der Waals surface area contributed by atoms with E-state index in [0.717, 1.165) is 41.6 Å². The topological polar surface area (TPSA) is 70.1 Å². The number of anilines is 2. The monoisotopic (exact) mass is 496 g/mol. The first-order valence-electron chi connectivity index (χ1n) is 14.0. The molecule has 0 spiro atoms. The van der Waals surface area contributed by atoms with Crippen LogP contribution in [0.3, 0.4) is 0 Å². The van der Waals surface area contributed by atoms with Gasteiger partial charge in [-0.25, -0.2) is 4.98 Å². The van der Waals surface area contributed by atoms with Gasteiger partial charge in [0.2, 0.25) is 0 Å². The summed E-state index contributed by atoms with van der Waals surface area (Å²) in [4.78, 5) is 9.27. The molecule has 3 aromatic rings. The molecule has 5 heteroatoms. The lowest BCUT2D eigenvalue weighted by Gasteiger charge is -2.24. The van der Waals surface area contributed by atoms with E-state index in [-0.39, 0.29) is 6.10 Å². The molecule has 2 aromatic carbocycles. The van der Waals surface area contributed by atoms with Crippen LogP contribution in [0.4, 0.5) is 11.5 Å². The van der Waals surface area contributed by atoms with E-state index in [9.17, 15) is 5.11 Å². The first-order valence-corrected chi connectivity index (χ1v) is 14.0.